The number of anilines is 1. The van der Waals surface area contributed by atoms with Crippen LogP contribution in [-0.4, -0.2) is 57.4 Å². The van der Waals surface area contributed by atoms with E-state index in [1.165, 1.54) is 0 Å². The monoisotopic (exact) mass is 671 g/mol. The molecule has 0 saturated carbocycles. The predicted octanol–water partition coefficient (Wildman–Crippen LogP) is 6.86. The smallest absolute Gasteiger partial charge is 0.392 e. The lowest BCUT2D eigenvalue weighted by molar-refractivity contribution is -0.268. The molecule has 2 aliphatic heterocycles. The number of hydrogen-bond donors (Lipinski definition) is 2. The van der Waals surface area contributed by atoms with Crippen LogP contribution in [0.15, 0.2) is 77.1 Å². The number of aliphatic hydroxyl groups excluding tert-OH is 1. The second kappa shape index (κ2) is 13.7. The van der Waals surface area contributed by atoms with Gasteiger partial charge in [-0.25, -0.2) is 4.98 Å². The fraction of sp³-hybridized carbons (Fsp3) is 0.364. The number of amides is 2. The van der Waals surface area contributed by atoms with E-state index in [1.807, 2.05) is 48.5 Å². The maximum Gasteiger partial charge on any atom is 0.471 e. The number of aliphatic hydroxyl groups is 1. The van der Waals surface area contributed by atoms with Gasteiger partial charge in [-0.2, -0.15) is 13.2 Å². The zero-order valence-corrected chi connectivity index (χ0v) is 26.4. The minimum atomic E-state index is -5.05. The van der Waals surface area contributed by atoms with E-state index < -0.39 is 30.3 Å². The normalized spacial score (nSPS) is 23.5. The van der Waals surface area contributed by atoms with Gasteiger partial charge >= 0.3 is 12.1 Å². The molecular weight excluding hydrogens is 640 g/mol. The first-order valence-corrected chi connectivity index (χ1v) is 16.7. The van der Waals surface area contributed by atoms with Crippen molar-refractivity contribution in [3.05, 3.63) is 89.5 Å². The average Bonchev–Trinajstić information content (AvgIpc) is 3.71. The molecule has 0 aliphatic carbocycles. The number of rotatable bonds is 8. The third kappa shape index (κ3) is 7.08. The minimum Gasteiger partial charge on any atom is -0.392 e. The van der Waals surface area contributed by atoms with Crippen LogP contribution in [0.5, 0.6) is 0 Å². The Hall–Kier alpha value is -3.49. The Morgan fingerprint density at radius 1 is 1.07 bits per heavy atom. The molecule has 4 aromatic rings. The fourth-order valence-corrected chi connectivity index (χ4v) is 8.07. The predicted molar refractivity (Wildman–Crippen MR) is 169 cm³/mol. The number of halogens is 3. The van der Waals surface area contributed by atoms with Crippen LogP contribution < -0.4 is 5.32 Å². The molecule has 0 bridgehead atoms. The van der Waals surface area contributed by atoms with Gasteiger partial charge in [0.1, 0.15) is 6.04 Å². The van der Waals surface area contributed by atoms with E-state index in [4.69, 9.17) is 14.5 Å². The van der Waals surface area contributed by atoms with Gasteiger partial charge in [-0.3, -0.25) is 9.59 Å². The second-order valence-electron chi connectivity index (χ2n) is 11.3. The number of likely N-dealkylation sites (tertiary alicyclic amines) is 1. The maximum absolute atomic E-state index is 13.1. The molecule has 5 atom stereocenters. The topological polar surface area (TPSA) is 101 Å². The second-order valence-corrected chi connectivity index (χ2v) is 13.6. The Kier molecular flexibility index (Phi) is 9.67. The van der Waals surface area contributed by atoms with Gasteiger partial charge < -0.3 is 24.8 Å². The number of carbonyl (C=O) groups excluding carboxylic acids is 2. The zero-order valence-electron chi connectivity index (χ0n) is 24.8. The van der Waals surface area contributed by atoms with Crippen molar-refractivity contribution in [1.82, 2.24) is 9.88 Å². The van der Waals surface area contributed by atoms with Crippen LogP contribution in [0.25, 0.3) is 10.2 Å². The lowest BCUT2D eigenvalue weighted by Crippen LogP contribution is -2.48. The average molecular weight is 672 g/mol. The van der Waals surface area contributed by atoms with Gasteiger partial charge in [0.15, 0.2) is 10.6 Å². The number of para-hydroxylation sites is 1. The number of ether oxygens (including phenoxy) is 2. The number of nitrogens with one attached hydrogen (secondary N) is 1. The molecule has 0 spiro atoms. The number of thioether (sulfide) groups is 1. The third-order valence-electron chi connectivity index (χ3n) is 8.25. The maximum atomic E-state index is 13.1. The number of aromatic nitrogens is 1. The number of thiazole rings is 1. The number of hydrogen-bond acceptors (Lipinski definition) is 8. The summed E-state index contributed by atoms with van der Waals surface area (Å²) < 4.78 is 54.4. The highest BCUT2D eigenvalue weighted by molar-refractivity contribution is 8.01. The molecule has 2 aliphatic rings. The van der Waals surface area contributed by atoms with Crippen LogP contribution in [0, 0.1) is 5.92 Å². The molecule has 2 fully saturated rings. The van der Waals surface area contributed by atoms with Crippen LogP contribution in [0.3, 0.4) is 0 Å². The Morgan fingerprint density at radius 2 is 1.85 bits per heavy atom. The summed E-state index contributed by atoms with van der Waals surface area (Å²) >= 11 is 3.23. The molecule has 5 unspecified atom stereocenters. The number of alkyl halides is 3. The van der Waals surface area contributed by atoms with Crippen molar-refractivity contribution in [2.24, 2.45) is 5.92 Å². The highest BCUT2D eigenvalue weighted by Crippen LogP contribution is 2.44. The van der Waals surface area contributed by atoms with Crippen LogP contribution in [0.4, 0.5) is 18.9 Å². The summed E-state index contributed by atoms with van der Waals surface area (Å²) in [5.41, 5.74) is 3.62. The van der Waals surface area contributed by atoms with Gasteiger partial charge in [-0.05, 0) is 48.2 Å². The van der Waals surface area contributed by atoms with Gasteiger partial charge in [0, 0.05) is 29.5 Å². The van der Waals surface area contributed by atoms with Gasteiger partial charge in [0.2, 0.25) is 5.91 Å². The third-order valence-corrected chi connectivity index (χ3v) is 10.5. The fourth-order valence-electron chi connectivity index (χ4n) is 5.81. The van der Waals surface area contributed by atoms with Crippen molar-refractivity contribution in [1.29, 1.82) is 0 Å². The van der Waals surface area contributed by atoms with E-state index in [0.29, 0.717) is 28.3 Å². The van der Waals surface area contributed by atoms with Crippen molar-refractivity contribution in [3.8, 4) is 0 Å². The van der Waals surface area contributed by atoms with E-state index in [9.17, 15) is 27.9 Å². The molecule has 1 aromatic heterocycles. The molecule has 3 heterocycles. The molecule has 46 heavy (non-hydrogen) atoms. The summed E-state index contributed by atoms with van der Waals surface area (Å²) in [6.07, 6.45) is -6.02. The summed E-state index contributed by atoms with van der Waals surface area (Å²) in [7, 11) is 0. The lowest BCUT2D eigenvalue weighted by atomic mass is 9.91. The highest BCUT2D eigenvalue weighted by atomic mass is 32.2. The van der Waals surface area contributed by atoms with Crippen molar-refractivity contribution in [2.45, 2.75) is 61.4 Å². The molecule has 8 nitrogen and oxygen atoms in total. The summed E-state index contributed by atoms with van der Waals surface area (Å²) in [4.78, 5) is 30.3. The highest BCUT2D eigenvalue weighted by Gasteiger charge is 2.47. The minimum absolute atomic E-state index is 0.0551. The van der Waals surface area contributed by atoms with Crippen molar-refractivity contribution in [2.75, 3.05) is 17.6 Å². The van der Waals surface area contributed by atoms with E-state index in [-0.39, 0.29) is 37.7 Å². The van der Waals surface area contributed by atoms with E-state index in [1.54, 1.807) is 47.4 Å². The molecule has 0 radical (unpaired) electrons. The van der Waals surface area contributed by atoms with Crippen LogP contribution >= 0.6 is 23.1 Å². The SMILES string of the molecule is CC1C(CSc2nc3ccccc3s2)OC(c2cccc(NC(=O)C3CCCN3C(=O)C(F)(F)F)c2)OC1c1ccc(CO)cc1. The Bertz CT molecular complexity index is 1670. The first-order chi connectivity index (χ1) is 22.1. The Morgan fingerprint density at radius 3 is 2.59 bits per heavy atom. The first-order valence-electron chi connectivity index (χ1n) is 14.9. The Balaban J connectivity index is 1.21. The molecule has 2 N–H and O–H groups in total. The van der Waals surface area contributed by atoms with Gasteiger partial charge in [0.05, 0.1) is 29.0 Å². The van der Waals surface area contributed by atoms with E-state index in [0.717, 1.165) is 25.7 Å². The van der Waals surface area contributed by atoms with Crippen LogP contribution in [0.1, 0.15) is 48.8 Å². The van der Waals surface area contributed by atoms with Crippen molar-refractivity contribution >= 4 is 50.8 Å². The van der Waals surface area contributed by atoms with Gasteiger partial charge in [-0.1, -0.05) is 67.2 Å². The van der Waals surface area contributed by atoms with Crippen molar-refractivity contribution in [3.63, 3.8) is 0 Å². The van der Waals surface area contributed by atoms with E-state index in [2.05, 4.69) is 12.2 Å². The largest absolute Gasteiger partial charge is 0.471 e. The van der Waals surface area contributed by atoms with E-state index >= 15 is 0 Å². The van der Waals surface area contributed by atoms with Crippen molar-refractivity contribution < 1.29 is 37.3 Å². The summed E-state index contributed by atoms with van der Waals surface area (Å²) in [6, 6.07) is 21.1. The van der Waals surface area contributed by atoms with Crippen LogP contribution in [-0.2, 0) is 25.7 Å². The Labute approximate surface area is 271 Å². The van der Waals surface area contributed by atoms with Crippen LogP contribution in [0.2, 0.25) is 0 Å². The molecule has 2 amide bonds. The standard InChI is InChI=1S/C33H32F3N3O5S2/c1-19-26(18-45-32-38-24-8-2-3-10-27(24)46-32)43-30(44-28(19)21-13-11-20(17-40)12-14-21)22-6-4-7-23(16-22)37-29(41)25-9-5-15-39(25)31(42)33(34,35)36/h2-4,6-8,10-14,16,19,25-26,28,30,40H,5,9,15,17-18H2,1H3,(H,37,41). The van der Waals surface area contributed by atoms with Gasteiger partial charge in [-0.15, -0.1) is 11.3 Å². The molecule has 6 rings (SSSR count). The number of carbonyl (C=O) groups is 2. The molecule has 3 aromatic carbocycles. The number of fused-ring (bicyclic) bond motifs is 1. The summed E-state index contributed by atoms with van der Waals surface area (Å²) in [6.45, 7) is 1.86. The summed E-state index contributed by atoms with van der Waals surface area (Å²) in [5, 5.41) is 12.2. The first kappa shape index (κ1) is 32.5. The molecule has 2 saturated heterocycles. The molecule has 242 valence electrons. The molecular formula is C33H32F3N3O5S2. The quantitative estimate of drug-likeness (QED) is 0.197. The summed E-state index contributed by atoms with van der Waals surface area (Å²) in [5.74, 6) is -2.14. The molecule has 13 heteroatoms. The van der Waals surface area contributed by atoms with Gasteiger partial charge in [0.25, 0.3) is 0 Å². The lowest BCUT2D eigenvalue weighted by Gasteiger charge is -2.41. The zero-order chi connectivity index (χ0) is 32.4. The number of nitrogens with zero attached hydrogens (tertiary/aromatic N) is 2. The number of benzene rings is 3.